The number of halogens is 2. The predicted octanol–water partition coefficient (Wildman–Crippen LogP) is 3.96. The Kier molecular flexibility index (Phi) is 10.2. The molecule has 192 valence electrons. The summed E-state index contributed by atoms with van der Waals surface area (Å²) in [6.07, 6.45) is 1.01. The van der Waals surface area contributed by atoms with Gasteiger partial charge in [-0.3, -0.25) is 13.9 Å². The van der Waals surface area contributed by atoms with Crippen LogP contribution in [-0.4, -0.2) is 57.6 Å². The van der Waals surface area contributed by atoms with Crippen LogP contribution < -0.4 is 14.4 Å². The van der Waals surface area contributed by atoms with Gasteiger partial charge in [-0.05, 0) is 42.7 Å². The Morgan fingerprint density at radius 3 is 2.29 bits per heavy atom. The number of carbonyl (C=O) groups is 2. The van der Waals surface area contributed by atoms with Crippen molar-refractivity contribution in [3.05, 3.63) is 58.1 Å². The van der Waals surface area contributed by atoms with Crippen LogP contribution in [-0.2, 0) is 26.2 Å². The molecule has 1 unspecified atom stereocenters. The van der Waals surface area contributed by atoms with Gasteiger partial charge < -0.3 is 15.0 Å². The fourth-order valence-corrected chi connectivity index (χ4v) is 4.47. The normalized spacial score (nSPS) is 12.2. The Morgan fingerprint density at radius 1 is 1.06 bits per heavy atom. The standard InChI is InChI=1S/C24H31Cl2N3O5S/c1-16(2)13-27-24(31)17(3)28(14-18-10-11-19(25)20(26)12-18)23(30)15-29(35(5,32)33)21-8-6-7-9-22(21)34-4/h6-12,16-17H,13-15H2,1-5H3,(H,27,31). The number of hydrogen-bond donors (Lipinski definition) is 1. The minimum absolute atomic E-state index is 0.0233. The molecule has 0 radical (unpaired) electrons. The zero-order valence-corrected chi connectivity index (χ0v) is 22.7. The van der Waals surface area contributed by atoms with Crippen molar-refractivity contribution in [3.63, 3.8) is 0 Å². The smallest absolute Gasteiger partial charge is 0.244 e. The first-order valence-corrected chi connectivity index (χ1v) is 13.6. The molecule has 8 nitrogen and oxygen atoms in total. The highest BCUT2D eigenvalue weighted by Crippen LogP contribution is 2.30. The van der Waals surface area contributed by atoms with Gasteiger partial charge in [0.05, 0.1) is 29.1 Å². The van der Waals surface area contributed by atoms with E-state index in [0.29, 0.717) is 27.9 Å². The lowest BCUT2D eigenvalue weighted by atomic mass is 10.1. The lowest BCUT2D eigenvalue weighted by molar-refractivity contribution is -0.139. The van der Waals surface area contributed by atoms with E-state index in [4.69, 9.17) is 27.9 Å². The van der Waals surface area contributed by atoms with Gasteiger partial charge in [-0.25, -0.2) is 8.42 Å². The van der Waals surface area contributed by atoms with Gasteiger partial charge in [0, 0.05) is 13.1 Å². The number of anilines is 1. The number of methoxy groups -OCH3 is 1. The molecule has 1 N–H and O–H groups in total. The van der Waals surface area contributed by atoms with Gasteiger partial charge in [0.1, 0.15) is 18.3 Å². The predicted molar refractivity (Wildman–Crippen MR) is 140 cm³/mol. The van der Waals surface area contributed by atoms with Crippen LogP contribution in [0.1, 0.15) is 26.3 Å². The molecule has 0 fully saturated rings. The average Bonchev–Trinajstić information content (AvgIpc) is 2.80. The number of benzene rings is 2. The van der Waals surface area contributed by atoms with E-state index in [2.05, 4.69) is 5.32 Å². The van der Waals surface area contributed by atoms with Crippen LogP contribution >= 0.6 is 23.2 Å². The molecule has 0 spiro atoms. The Morgan fingerprint density at radius 2 is 1.71 bits per heavy atom. The summed E-state index contributed by atoms with van der Waals surface area (Å²) < 4.78 is 31.6. The van der Waals surface area contributed by atoms with Crippen molar-refractivity contribution in [2.45, 2.75) is 33.4 Å². The van der Waals surface area contributed by atoms with Crippen LogP contribution in [0.15, 0.2) is 42.5 Å². The molecule has 11 heteroatoms. The molecule has 0 saturated heterocycles. The van der Waals surface area contributed by atoms with E-state index >= 15 is 0 Å². The third kappa shape index (κ3) is 8.02. The number of para-hydroxylation sites is 2. The highest BCUT2D eigenvalue weighted by atomic mass is 35.5. The van der Waals surface area contributed by atoms with E-state index < -0.39 is 28.5 Å². The van der Waals surface area contributed by atoms with Gasteiger partial charge in [0.25, 0.3) is 0 Å². The summed E-state index contributed by atoms with van der Waals surface area (Å²) in [5, 5.41) is 3.49. The van der Waals surface area contributed by atoms with E-state index in [1.54, 1.807) is 49.4 Å². The first-order valence-electron chi connectivity index (χ1n) is 11.0. The van der Waals surface area contributed by atoms with Crippen LogP contribution in [0.2, 0.25) is 10.0 Å². The van der Waals surface area contributed by atoms with E-state index in [0.717, 1.165) is 10.6 Å². The van der Waals surface area contributed by atoms with Crippen molar-refractivity contribution in [1.29, 1.82) is 0 Å². The van der Waals surface area contributed by atoms with Gasteiger partial charge in [0.2, 0.25) is 21.8 Å². The molecule has 0 aliphatic rings. The zero-order chi connectivity index (χ0) is 26.3. The van der Waals surface area contributed by atoms with E-state index in [1.165, 1.54) is 12.0 Å². The molecular weight excluding hydrogens is 513 g/mol. The maximum absolute atomic E-state index is 13.6. The maximum Gasteiger partial charge on any atom is 0.244 e. The van der Waals surface area contributed by atoms with Crippen LogP contribution in [0.25, 0.3) is 0 Å². The molecular formula is C24H31Cl2N3O5S. The van der Waals surface area contributed by atoms with Gasteiger partial charge in [-0.2, -0.15) is 0 Å². The van der Waals surface area contributed by atoms with Gasteiger partial charge in [0.15, 0.2) is 0 Å². The molecule has 0 aliphatic carbocycles. The van der Waals surface area contributed by atoms with Crippen molar-refractivity contribution in [2.24, 2.45) is 5.92 Å². The molecule has 0 bridgehead atoms. The van der Waals surface area contributed by atoms with Crippen molar-refractivity contribution in [3.8, 4) is 5.75 Å². The van der Waals surface area contributed by atoms with Crippen LogP contribution in [0.5, 0.6) is 5.75 Å². The summed E-state index contributed by atoms with van der Waals surface area (Å²) >= 11 is 12.2. The summed E-state index contributed by atoms with van der Waals surface area (Å²) in [6, 6.07) is 10.5. The van der Waals surface area contributed by atoms with E-state index in [-0.39, 0.29) is 24.1 Å². The molecule has 1 atom stereocenters. The number of nitrogens with zero attached hydrogens (tertiary/aromatic N) is 2. The number of ether oxygens (including phenoxy) is 1. The Balaban J connectivity index is 2.43. The van der Waals surface area contributed by atoms with Gasteiger partial charge in [-0.1, -0.05) is 55.2 Å². The molecule has 0 aromatic heterocycles. The quantitative estimate of drug-likeness (QED) is 0.462. The lowest BCUT2D eigenvalue weighted by Crippen LogP contribution is -2.51. The Hall–Kier alpha value is -2.49. The summed E-state index contributed by atoms with van der Waals surface area (Å²) in [6.45, 7) is 5.45. The number of rotatable bonds is 11. The lowest BCUT2D eigenvalue weighted by Gasteiger charge is -2.32. The molecule has 0 aliphatic heterocycles. The fraction of sp³-hybridized carbons (Fsp3) is 0.417. The summed E-state index contributed by atoms with van der Waals surface area (Å²) in [4.78, 5) is 27.7. The third-order valence-electron chi connectivity index (χ3n) is 5.22. The highest BCUT2D eigenvalue weighted by Gasteiger charge is 2.31. The highest BCUT2D eigenvalue weighted by molar-refractivity contribution is 7.92. The van der Waals surface area contributed by atoms with Crippen molar-refractivity contribution in [2.75, 3.05) is 30.8 Å². The van der Waals surface area contributed by atoms with Crippen molar-refractivity contribution in [1.82, 2.24) is 10.2 Å². The summed E-state index contributed by atoms with van der Waals surface area (Å²) in [7, 11) is -2.45. The monoisotopic (exact) mass is 543 g/mol. The van der Waals surface area contributed by atoms with Gasteiger partial charge in [-0.15, -0.1) is 0 Å². The molecule has 0 heterocycles. The van der Waals surface area contributed by atoms with Crippen LogP contribution in [0.3, 0.4) is 0 Å². The molecule has 2 aromatic carbocycles. The number of nitrogens with one attached hydrogen (secondary N) is 1. The number of sulfonamides is 1. The van der Waals surface area contributed by atoms with Crippen LogP contribution in [0.4, 0.5) is 5.69 Å². The number of amides is 2. The molecule has 35 heavy (non-hydrogen) atoms. The van der Waals surface area contributed by atoms with Gasteiger partial charge >= 0.3 is 0 Å². The number of carbonyl (C=O) groups excluding carboxylic acids is 2. The largest absolute Gasteiger partial charge is 0.495 e. The zero-order valence-electron chi connectivity index (χ0n) is 20.4. The number of hydrogen-bond acceptors (Lipinski definition) is 5. The maximum atomic E-state index is 13.6. The Labute approximate surface area is 217 Å². The topological polar surface area (TPSA) is 96.0 Å². The second-order valence-corrected chi connectivity index (χ2v) is 11.2. The first kappa shape index (κ1) is 28.7. The second-order valence-electron chi connectivity index (χ2n) is 8.53. The summed E-state index contributed by atoms with van der Waals surface area (Å²) in [5.41, 5.74) is 0.858. The second kappa shape index (κ2) is 12.5. The van der Waals surface area contributed by atoms with Crippen molar-refractivity contribution >= 4 is 50.7 Å². The van der Waals surface area contributed by atoms with E-state index in [9.17, 15) is 18.0 Å². The molecule has 2 amide bonds. The van der Waals surface area contributed by atoms with Crippen LogP contribution in [0, 0.1) is 5.92 Å². The molecule has 2 rings (SSSR count). The fourth-order valence-electron chi connectivity index (χ4n) is 3.30. The summed E-state index contributed by atoms with van der Waals surface area (Å²) in [5.74, 6) is -0.406. The minimum Gasteiger partial charge on any atom is -0.495 e. The Bertz CT molecular complexity index is 1160. The third-order valence-corrected chi connectivity index (χ3v) is 7.09. The first-order chi connectivity index (χ1) is 16.3. The van der Waals surface area contributed by atoms with Crippen molar-refractivity contribution < 1.29 is 22.7 Å². The minimum atomic E-state index is -3.87. The van der Waals surface area contributed by atoms with E-state index in [1.807, 2.05) is 13.8 Å². The SMILES string of the molecule is COc1ccccc1N(CC(=O)N(Cc1ccc(Cl)c(Cl)c1)C(C)C(=O)NCC(C)C)S(C)(=O)=O. The molecule has 2 aromatic rings. The average molecular weight is 545 g/mol. The molecule has 0 saturated carbocycles.